The summed E-state index contributed by atoms with van der Waals surface area (Å²) >= 11 is 1.76. The average Bonchev–Trinajstić information content (AvgIpc) is 2.81. The lowest BCUT2D eigenvalue weighted by Gasteiger charge is -2.03. The van der Waals surface area contributed by atoms with Crippen molar-refractivity contribution in [3.05, 3.63) is 60.0 Å². The van der Waals surface area contributed by atoms with Gasteiger partial charge in [0.15, 0.2) is 11.5 Å². The van der Waals surface area contributed by atoms with E-state index in [2.05, 4.69) is 40.6 Å². The molecule has 3 aromatic rings. The summed E-state index contributed by atoms with van der Waals surface area (Å²) in [5.74, 6) is 0.864. The number of nitrogens with zero attached hydrogens (tertiary/aromatic N) is 3. The van der Waals surface area contributed by atoms with Crippen LogP contribution in [0.1, 0.15) is 11.4 Å². The number of thioether (sulfide) groups is 1. The molecule has 0 spiro atoms. The van der Waals surface area contributed by atoms with E-state index in [-0.39, 0.29) is 0 Å². The fourth-order valence-electron chi connectivity index (χ4n) is 1.97. The highest BCUT2D eigenvalue weighted by Crippen LogP contribution is 2.21. The lowest BCUT2D eigenvalue weighted by atomic mass is 10.1. The summed E-state index contributed by atoms with van der Waals surface area (Å²) in [4.78, 5) is 5.81. The second-order valence-electron chi connectivity index (χ2n) is 4.02. The van der Waals surface area contributed by atoms with Crippen LogP contribution in [0.15, 0.2) is 53.6 Å². The van der Waals surface area contributed by atoms with E-state index in [1.165, 1.54) is 10.5 Å². The first-order valence-electron chi connectivity index (χ1n) is 5.79. The second-order valence-corrected chi connectivity index (χ2v) is 4.87. The predicted octanol–water partition coefficient (Wildman–Crippen LogP) is 3.04. The third-order valence-corrected chi connectivity index (χ3v) is 3.66. The Balaban J connectivity index is 1.96. The van der Waals surface area contributed by atoms with Crippen molar-refractivity contribution in [2.24, 2.45) is 0 Å². The molecule has 4 heteroatoms. The second kappa shape index (κ2) is 4.82. The van der Waals surface area contributed by atoms with Crippen molar-refractivity contribution in [1.82, 2.24) is 14.6 Å². The molecule has 0 N–H and O–H groups in total. The highest BCUT2D eigenvalue weighted by molar-refractivity contribution is 7.98. The Kier molecular flexibility index (Phi) is 3.02. The molecule has 0 saturated heterocycles. The van der Waals surface area contributed by atoms with Crippen LogP contribution >= 0.6 is 11.8 Å². The maximum atomic E-state index is 4.53. The molecule has 0 radical (unpaired) electrons. The maximum Gasteiger partial charge on any atom is 0.156 e. The summed E-state index contributed by atoms with van der Waals surface area (Å²) < 4.78 is 1.82. The Morgan fingerprint density at radius 3 is 2.78 bits per heavy atom. The van der Waals surface area contributed by atoms with Crippen LogP contribution in [0.3, 0.4) is 0 Å². The fourth-order valence-corrected chi connectivity index (χ4v) is 2.59. The Hall–Kier alpha value is -1.81. The molecule has 90 valence electrons. The number of fused-ring (bicyclic) bond motifs is 1. The van der Waals surface area contributed by atoms with E-state index in [4.69, 9.17) is 0 Å². The molecule has 0 unspecified atom stereocenters. The van der Waals surface area contributed by atoms with Gasteiger partial charge in [0.1, 0.15) is 0 Å². The first-order chi connectivity index (χ1) is 8.86. The fraction of sp³-hybridized carbons (Fsp3) is 0.143. The van der Waals surface area contributed by atoms with Crippen LogP contribution in [0.2, 0.25) is 0 Å². The minimum absolute atomic E-state index is 0.776. The monoisotopic (exact) mass is 255 g/mol. The zero-order chi connectivity index (χ0) is 12.4. The van der Waals surface area contributed by atoms with Gasteiger partial charge in [0.2, 0.25) is 0 Å². The predicted molar refractivity (Wildman–Crippen MR) is 74.0 cm³/mol. The van der Waals surface area contributed by atoms with Crippen LogP contribution in [0.4, 0.5) is 0 Å². The third-order valence-electron chi connectivity index (χ3n) is 2.83. The van der Waals surface area contributed by atoms with E-state index in [1.54, 1.807) is 11.8 Å². The standard InChI is InChI=1S/C14H13N3S/c1-18-12-7-3-2-6-11(12)10-13-15-14-8-4-5-9-17(14)16-13/h2-9H,10H2,1H3. The zero-order valence-electron chi connectivity index (χ0n) is 10.1. The number of rotatable bonds is 3. The quantitative estimate of drug-likeness (QED) is 0.674. The molecular weight excluding hydrogens is 242 g/mol. The third kappa shape index (κ3) is 2.11. The Labute approximate surface area is 110 Å². The molecule has 2 aromatic heterocycles. The van der Waals surface area contributed by atoms with Crippen LogP contribution < -0.4 is 0 Å². The van der Waals surface area contributed by atoms with Crippen molar-refractivity contribution >= 4 is 17.4 Å². The maximum absolute atomic E-state index is 4.53. The van der Waals surface area contributed by atoms with Gasteiger partial charge in [-0.1, -0.05) is 24.3 Å². The van der Waals surface area contributed by atoms with Crippen LogP contribution in [0, 0.1) is 0 Å². The van der Waals surface area contributed by atoms with Gasteiger partial charge in [-0.15, -0.1) is 11.8 Å². The summed E-state index contributed by atoms with van der Waals surface area (Å²) in [5, 5.41) is 4.48. The van der Waals surface area contributed by atoms with Gasteiger partial charge in [-0.3, -0.25) is 0 Å². The Morgan fingerprint density at radius 1 is 1.11 bits per heavy atom. The molecule has 3 nitrogen and oxygen atoms in total. The van der Waals surface area contributed by atoms with Gasteiger partial charge in [0.05, 0.1) is 0 Å². The largest absolute Gasteiger partial charge is 0.221 e. The molecule has 0 saturated carbocycles. The van der Waals surface area contributed by atoms with Crippen LogP contribution in [0.25, 0.3) is 5.65 Å². The Bertz CT molecular complexity index is 642. The Morgan fingerprint density at radius 2 is 1.94 bits per heavy atom. The summed E-state index contributed by atoms with van der Waals surface area (Å²) in [7, 11) is 0. The van der Waals surface area contributed by atoms with Crippen LogP contribution in [-0.2, 0) is 6.42 Å². The highest BCUT2D eigenvalue weighted by Gasteiger charge is 2.07. The van der Waals surface area contributed by atoms with Crippen molar-refractivity contribution in [1.29, 1.82) is 0 Å². The van der Waals surface area contributed by atoms with E-state index in [0.29, 0.717) is 0 Å². The molecule has 0 aliphatic carbocycles. The van der Waals surface area contributed by atoms with Gasteiger partial charge in [-0.05, 0) is 30.0 Å². The summed E-state index contributed by atoms with van der Waals surface area (Å²) in [6, 6.07) is 14.3. The SMILES string of the molecule is CSc1ccccc1Cc1nc2ccccn2n1. The minimum atomic E-state index is 0.776. The molecule has 0 bridgehead atoms. The van der Waals surface area contributed by atoms with Crippen LogP contribution in [-0.4, -0.2) is 20.9 Å². The molecule has 18 heavy (non-hydrogen) atoms. The molecular formula is C14H13N3S. The number of hydrogen-bond acceptors (Lipinski definition) is 3. The van der Waals surface area contributed by atoms with Gasteiger partial charge in [0, 0.05) is 17.5 Å². The molecule has 0 aliphatic rings. The van der Waals surface area contributed by atoms with Crippen LogP contribution in [0.5, 0.6) is 0 Å². The normalized spacial score (nSPS) is 10.9. The smallest absolute Gasteiger partial charge is 0.156 e. The molecule has 0 fully saturated rings. The first kappa shape index (κ1) is 11.3. The summed E-state index contributed by atoms with van der Waals surface area (Å²) in [6.45, 7) is 0. The molecule has 1 aromatic carbocycles. The number of benzene rings is 1. The number of hydrogen-bond donors (Lipinski definition) is 0. The highest BCUT2D eigenvalue weighted by atomic mass is 32.2. The van der Waals surface area contributed by atoms with Crippen molar-refractivity contribution < 1.29 is 0 Å². The average molecular weight is 255 g/mol. The first-order valence-corrected chi connectivity index (χ1v) is 7.01. The van der Waals surface area contributed by atoms with Gasteiger partial charge < -0.3 is 0 Å². The topological polar surface area (TPSA) is 30.2 Å². The van der Waals surface area contributed by atoms with Crippen molar-refractivity contribution in [2.75, 3.05) is 6.26 Å². The number of pyridine rings is 1. The van der Waals surface area contributed by atoms with Gasteiger partial charge in [0.25, 0.3) is 0 Å². The summed E-state index contributed by atoms with van der Waals surface area (Å²) in [5.41, 5.74) is 2.18. The van der Waals surface area contributed by atoms with E-state index in [0.717, 1.165) is 17.9 Å². The van der Waals surface area contributed by atoms with Crippen molar-refractivity contribution in [2.45, 2.75) is 11.3 Å². The molecule has 3 rings (SSSR count). The van der Waals surface area contributed by atoms with Gasteiger partial charge >= 0.3 is 0 Å². The molecule has 0 amide bonds. The minimum Gasteiger partial charge on any atom is -0.221 e. The van der Waals surface area contributed by atoms with E-state index >= 15 is 0 Å². The molecule has 0 aliphatic heterocycles. The van der Waals surface area contributed by atoms with E-state index < -0.39 is 0 Å². The van der Waals surface area contributed by atoms with E-state index in [1.807, 2.05) is 28.9 Å². The zero-order valence-corrected chi connectivity index (χ0v) is 10.9. The number of aromatic nitrogens is 3. The molecule has 0 atom stereocenters. The van der Waals surface area contributed by atoms with Gasteiger partial charge in [-0.2, -0.15) is 5.10 Å². The lowest BCUT2D eigenvalue weighted by Crippen LogP contribution is -1.93. The summed E-state index contributed by atoms with van der Waals surface area (Å²) in [6.07, 6.45) is 4.79. The molecule has 2 heterocycles. The van der Waals surface area contributed by atoms with Gasteiger partial charge in [-0.25, -0.2) is 9.50 Å². The lowest BCUT2D eigenvalue weighted by molar-refractivity contribution is 0.893. The van der Waals surface area contributed by atoms with Crippen molar-refractivity contribution in [3.8, 4) is 0 Å². The van der Waals surface area contributed by atoms with Crippen molar-refractivity contribution in [3.63, 3.8) is 0 Å². The van der Waals surface area contributed by atoms with E-state index in [9.17, 15) is 0 Å².